The standard InChI is InChI=1S/C11H11NO2S2/c1-8-4-2-3-5-9(8)10-6-7-11(15-10)16(12,13)14/h2-7H,1H3,(H2,12,13,14). The van der Waals surface area contributed by atoms with Crippen LogP contribution in [0.5, 0.6) is 0 Å². The Morgan fingerprint density at radius 3 is 2.38 bits per heavy atom. The van der Waals surface area contributed by atoms with Crippen LogP contribution in [0, 0.1) is 6.92 Å². The highest BCUT2D eigenvalue weighted by Crippen LogP contribution is 2.31. The fourth-order valence-electron chi connectivity index (χ4n) is 1.47. The maximum atomic E-state index is 11.2. The Kier molecular flexibility index (Phi) is 2.84. The molecule has 0 radical (unpaired) electrons. The van der Waals surface area contributed by atoms with Gasteiger partial charge in [-0.15, -0.1) is 11.3 Å². The average molecular weight is 253 g/mol. The summed E-state index contributed by atoms with van der Waals surface area (Å²) in [4.78, 5) is 0.919. The van der Waals surface area contributed by atoms with Crippen molar-refractivity contribution in [1.82, 2.24) is 0 Å². The van der Waals surface area contributed by atoms with E-state index in [0.29, 0.717) is 0 Å². The van der Waals surface area contributed by atoms with Crippen LogP contribution in [-0.2, 0) is 10.0 Å². The van der Waals surface area contributed by atoms with Crippen LogP contribution in [0.15, 0.2) is 40.6 Å². The number of hydrogen-bond donors (Lipinski definition) is 1. The molecule has 1 aromatic carbocycles. The van der Waals surface area contributed by atoms with Gasteiger partial charge in [0.2, 0.25) is 10.0 Å². The number of sulfonamides is 1. The van der Waals surface area contributed by atoms with Crippen molar-refractivity contribution in [3.63, 3.8) is 0 Å². The number of thiophene rings is 1. The zero-order chi connectivity index (χ0) is 11.8. The van der Waals surface area contributed by atoms with Gasteiger partial charge in [0.1, 0.15) is 4.21 Å². The van der Waals surface area contributed by atoms with E-state index in [2.05, 4.69) is 0 Å². The van der Waals surface area contributed by atoms with Gasteiger partial charge >= 0.3 is 0 Å². The van der Waals surface area contributed by atoms with Crippen molar-refractivity contribution in [2.75, 3.05) is 0 Å². The molecule has 0 fully saturated rings. The van der Waals surface area contributed by atoms with Gasteiger partial charge in [-0.05, 0) is 30.2 Å². The van der Waals surface area contributed by atoms with Crippen LogP contribution >= 0.6 is 11.3 Å². The molecule has 0 aliphatic rings. The van der Waals surface area contributed by atoms with Crippen molar-refractivity contribution in [1.29, 1.82) is 0 Å². The summed E-state index contributed by atoms with van der Waals surface area (Å²) in [6.45, 7) is 1.99. The van der Waals surface area contributed by atoms with Gasteiger partial charge < -0.3 is 0 Å². The van der Waals surface area contributed by atoms with Crippen molar-refractivity contribution in [3.05, 3.63) is 42.0 Å². The first-order valence-electron chi connectivity index (χ1n) is 4.67. The fraction of sp³-hybridized carbons (Fsp3) is 0.0909. The largest absolute Gasteiger partial charge is 0.247 e. The van der Waals surface area contributed by atoms with E-state index in [1.54, 1.807) is 12.1 Å². The first-order valence-corrected chi connectivity index (χ1v) is 7.03. The maximum Gasteiger partial charge on any atom is 0.247 e. The highest BCUT2D eigenvalue weighted by Gasteiger charge is 2.12. The predicted octanol–water partition coefficient (Wildman–Crippen LogP) is 2.37. The highest BCUT2D eigenvalue weighted by atomic mass is 32.2. The molecule has 2 aromatic rings. The Morgan fingerprint density at radius 1 is 1.12 bits per heavy atom. The lowest BCUT2D eigenvalue weighted by molar-refractivity contribution is 0.600. The van der Waals surface area contributed by atoms with E-state index in [0.717, 1.165) is 16.0 Å². The number of rotatable bonds is 2. The third kappa shape index (κ3) is 2.16. The quantitative estimate of drug-likeness (QED) is 0.893. The summed E-state index contributed by atoms with van der Waals surface area (Å²) in [6, 6.07) is 11.2. The molecule has 0 bridgehead atoms. The number of benzene rings is 1. The molecule has 0 saturated carbocycles. The van der Waals surface area contributed by atoms with Gasteiger partial charge in [0.25, 0.3) is 0 Å². The summed E-state index contributed by atoms with van der Waals surface area (Å²) in [5.74, 6) is 0. The van der Waals surface area contributed by atoms with Gasteiger partial charge in [-0.25, -0.2) is 13.6 Å². The fourth-order valence-corrected chi connectivity index (χ4v) is 3.29. The molecule has 0 aliphatic heterocycles. The minimum Gasteiger partial charge on any atom is -0.224 e. The van der Waals surface area contributed by atoms with Crippen LogP contribution < -0.4 is 5.14 Å². The van der Waals surface area contributed by atoms with Crippen molar-refractivity contribution in [2.45, 2.75) is 11.1 Å². The van der Waals surface area contributed by atoms with Crippen molar-refractivity contribution in [2.24, 2.45) is 5.14 Å². The van der Waals surface area contributed by atoms with E-state index < -0.39 is 10.0 Å². The molecule has 1 aromatic heterocycles. The van der Waals surface area contributed by atoms with Crippen molar-refractivity contribution < 1.29 is 8.42 Å². The predicted molar refractivity (Wildman–Crippen MR) is 65.9 cm³/mol. The topological polar surface area (TPSA) is 60.2 Å². The van der Waals surface area contributed by atoms with Gasteiger partial charge in [0.15, 0.2) is 0 Å². The van der Waals surface area contributed by atoms with Crippen LogP contribution in [0.1, 0.15) is 5.56 Å². The highest BCUT2D eigenvalue weighted by molar-refractivity contribution is 7.91. The lowest BCUT2D eigenvalue weighted by Gasteiger charge is -2.01. The Bertz CT molecular complexity index is 614. The second kappa shape index (κ2) is 4.01. The second-order valence-corrected chi connectivity index (χ2v) is 6.35. The van der Waals surface area contributed by atoms with E-state index in [1.807, 2.05) is 31.2 Å². The molecule has 0 amide bonds. The number of aryl methyl sites for hydroxylation is 1. The molecule has 84 valence electrons. The van der Waals surface area contributed by atoms with Crippen LogP contribution in [0.3, 0.4) is 0 Å². The van der Waals surface area contributed by atoms with Gasteiger partial charge in [-0.3, -0.25) is 0 Å². The average Bonchev–Trinajstić information content (AvgIpc) is 2.66. The molecule has 0 atom stereocenters. The Hall–Kier alpha value is -1.17. The van der Waals surface area contributed by atoms with E-state index in [-0.39, 0.29) is 4.21 Å². The molecule has 1 heterocycles. The SMILES string of the molecule is Cc1ccccc1-c1ccc(S(N)(=O)=O)s1. The zero-order valence-electron chi connectivity index (χ0n) is 8.67. The van der Waals surface area contributed by atoms with E-state index >= 15 is 0 Å². The van der Waals surface area contributed by atoms with Crippen LogP contribution in [0.25, 0.3) is 10.4 Å². The van der Waals surface area contributed by atoms with E-state index in [4.69, 9.17) is 5.14 Å². The third-order valence-electron chi connectivity index (χ3n) is 2.27. The summed E-state index contributed by atoms with van der Waals surface area (Å²) in [5.41, 5.74) is 2.16. The molecule has 5 heteroatoms. The summed E-state index contributed by atoms with van der Waals surface area (Å²) in [5, 5.41) is 5.07. The first kappa shape index (κ1) is 11.3. The van der Waals surface area contributed by atoms with Gasteiger partial charge in [0, 0.05) is 4.88 Å². The molecule has 0 saturated heterocycles. The van der Waals surface area contributed by atoms with Gasteiger partial charge in [-0.2, -0.15) is 0 Å². The number of primary sulfonamides is 1. The summed E-state index contributed by atoms with van der Waals surface area (Å²) >= 11 is 1.19. The van der Waals surface area contributed by atoms with Crippen molar-refractivity contribution >= 4 is 21.4 Å². The monoisotopic (exact) mass is 253 g/mol. The van der Waals surface area contributed by atoms with E-state index in [9.17, 15) is 8.42 Å². The lowest BCUT2D eigenvalue weighted by Crippen LogP contribution is -2.09. The van der Waals surface area contributed by atoms with Crippen molar-refractivity contribution in [3.8, 4) is 10.4 Å². The second-order valence-electron chi connectivity index (χ2n) is 3.48. The molecule has 3 nitrogen and oxygen atoms in total. The van der Waals surface area contributed by atoms with Gasteiger partial charge in [0.05, 0.1) is 0 Å². The molecule has 0 unspecified atom stereocenters. The minimum absolute atomic E-state index is 0.200. The minimum atomic E-state index is -3.58. The summed E-state index contributed by atoms with van der Waals surface area (Å²) in [6.07, 6.45) is 0. The van der Waals surface area contributed by atoms with Crippen LogP contribution in [-0.4, -0.2) is 8.42 Å². The first-order chi connectivity index (χ1) is 7.48. The lowest BCUT2D eigenvalue weighted by atomic mass is 10.1. The molecule has 2 N–H and O–H groups in total. The summed E-state index contributed by atoms with van der Waals surface area (Å²) < 4.78 is 22.5. The Morgan fingerprint density at radius 2 is 1.81 bits per heavy atom. The third-order valence-corrected chi connectivity index (χ3v) is 4.83. The molecule has 16 heavy (non-hydrogen) atoms. The molecular weight excluding hydrogens is 242 g/mol. The molecule has 2 rings (SSSR count). The van der Waals surface area contributed by atoms with Crippen LogP contribution in [0.4, 0.5) is 0 Å². The zero-order valence-corrected chi connectivity index (χ0v) is 10.3. The molecule has 0 aliphatic carbocycles. The van der Waals surface area contributed by atoms with E-state index in [1.165, 1.54) is 11.3 Å². The molecular formula is C11H11NO2S2. The normalized spacial score (nSPS) is 11.6. The smallest absolute Gasteiger partial charge is 0.224 e. The van der Waals surface area contributed by atoms with Gasteiger partial charge in [-0.1, -0.05) is 24.3 Å². The number of nitrogens with two attached hydrogens (primary N) is 1. The summed E-state index contributed by atoms with van der Waals surface area (Å²) in [7, 11) is -3.58. The molecule has 0 spiro atoms. The Labute approximate surface area is 98.6 Å². The Balaban J connectivity index is 2.52. The number of hydrogen-bond acceptors (Lipinski definition) is 3. The maximum absolute atomic E-state index is 11.2. The van der Waals surface area contributed by atoms with Crippen LogP contribution in [0.2, 0.25) is 0 Å².